The average Bonchev–Trinajstić information content (AvgIpc) is 3.34. The van der Waals surface area contributed by atoms with E-state index in [1.807, 2.05) is 4.90 Å². The number of thioether (sulfide) groups is 1. The summed E-state index contributed by atoms with van der Waals surface area (Å²) >= 11 is 1.29. The van der Waals surface area contributed by atoms with Gasteiger partial charge in [-0.05, 0) is 19.3 Å². The van der Waals surface area contributed by atoms with E-state index in [2.05, 4.69) is 10.2 Å². The molecule has 28 heavy (non-hydrogen) atoms. The second-order valence-electron chi connectivity index (χ2n) is 7.51. The topological polar surface area (TPSA) is 128 Å². The van der Waals surface area contributed by atoms with Crippen LogP contribution in [0.3, 0.4) is 0 Å². The van der Waals surface area contributed by atoms with Gasteiger partial charge in [-0.25, -0.2) is 8.42 Å². The van der Waals surface area contributed by atoms with Crippen LogP contribution in [0.4, 0.5) is 0 Å². The number of aryl methyl sites for hydroxylation is 1. The van der Waals surface area contributed by atoms with Crippen molar-refractivity contribution in [1.29, 1.82) is 0 Å². The number of sulfone groups is 1. The molecule has 2 fully saturated rings. The van der Waals surface area contributed by atoms with Crippen LogP contribution in [0, 0.1) is 0 Å². The fraction of sp³-hybridized carbons (Fsp3) is 0.765. The van der Waals surface area contributed by atoms with Crippen LogP contribution in [0.15, 0.2) is 5.16 Å². The molecule has 3 rings (SSSR count). The Balaban J connectivity index is 1.65. The summed E-state index contributed by atoms with van der Waals surface area (Å²) in [5.74, 6) is 0.624. The van der Waals surface area contributed by atoms with Crippen LogP contribution < -0.4 is 5.73 Å². The van der Waals surface area contributed by atoms with E-state index < -0.39 is 15.7 Å². The quantitative estimate of drug-likeness (QED) is 0.588. The molecule has 1 atom stereocenters. The molecule has 9 nitrogen and oxygen atoms in total. The first-order valence-electron chi connectivity index (χ1n) is 9.58. The molecule has 1 saturated heterocycles. The van der Waals surface area contributed by atoms with Crippen molar-refractivity contribution < 1.29 is 18.0 Å². The SMILES string of the molecule is Cn1c(CCC(N)=O)nnc1SCC(=O)N(C1CCCC1)C1CCS(=O)(=O)C1. The van der Waals surface area contributed by atoms with Gasteiger partial charge in [0.1, 0.15) is 5.82 Å². The number of nitrogens with zero attached hydrogens (tertiary/aromatic N) is 4. The number of amides is 2. The van der Waals surface area contributed by atoms with Crippen molar-refractivity contribution in [2.75, 3.05) is 17.3 Å². The zero-order chi connectivity index (χ0) is 20.3. The van der Waals surface area contributed by atoms with Gasteiger partial charge in [0.25, 0.3) is 0 Å². The standard InChI is InChI=1S/C17H27N5O4S2/c1-21-15(7-6-14(18)23)19-20-17(21)27-10-16(24)22(12-4-2-3-5-12)13-8-9-28(25,26)11-13/h12-13H,2-11H2,1H3,(H2,18,23). The van der Waals surface area contributed by atoms with Crippen LogP contribution in [0.2, 0.25) is 0 Å². The van der Waals surface area contributed by atoms with E-state index >= 15 is 0 Å². The van der Waals surface area contributed by atoms with Gasteiger partial charge in [0.2, 0.25) is 11.8 Å². The number of nitrogens with two attached hydrogens (primary N) is 1. The van der Waals surface area contributed by atoms with Crippen LogP contribution in [-0.2, 0) is 32.9 Å². The van der Waals surface area contributed by atoms with Crippen LogP contribution in [0.1, 0.15) is 44.3 Å². The Bertz CT molecular complexity index is 833. The fourth-order valence-corrected chi connectivity index (χ4v) is 6.52. The van der Waals surface area contributed by atoms with Gasteiger partial charge < -0.3 is 15.2 Å². The van der Waals surface area contributed by atoms with Crippen molar-refractivity contribution in [3.8, 4) is 0 Å². The molecular formula is C17H27N5O4S2. The highest BCUT2D eigenvalue weighted by molar-refractivity contribution is 7.99. The zero-order valence-electron chi connectivity index (χ0n) is 16.0. The summed E-state index contributed by atoms with van der Waals surface area (Å²) in [5.41, 5.74) is 5.17. The van der Waals surface area contributed by atoms with E-state index in [1.165, 1.54) is 11.8 Å². The van der Waals surface area contributed by atoms with Gasteiger partial charge in [0.15, 0.2) is 15.0 Å². The molecule has 0 radical (unpaired) electrons. The lowest BCUT2D eigenvalue weighted by Gasteiger charge is -2.34. The second kappa shape index (κ2) is 8.81. The predicted octanol–water partition coefficient (Wildman–Crippen LogP) is 0.283. The Labute approximate surface area is 169 Å². The Morgan fingerprint density at radius 2 is 1.93 bits per heavy atom. The Morgan fingerprint density at radius 1 is 1.21 bits per heavy atom. The average molecular weight is 430 g/mol. The van der Waals surface area contributed by atoms with Crippen molar-refractivity contribution in [1.82, 2.24) is 19.7 Å². The summed E-state index contributed by atoms with van der Waals surface area (Å²) < 4.78 is 25.6. The van der Waals surface area contributed by atoms with Gasteiger partial charge in [-0.3, -0.25) is 9.59 Å². The molecule has 1 aromatic heterocycles. The molecular weight excluding hydrogens is 402 g/mol. The van der Waals surface area contributed by atoms with Gasteiger partial charge in [-0.1, -0.05) is 24.6 Å². The number of hydrogen-bond donors (Lipinski definition) is 1. The maximum absolute atomic E-state index is 13.0. The first kappa shape index (κ1) is 21.1. The molecule has 2 heterocycles. The summed E-state index contributed by atoms with van der Waals surface area (Å²) in [5, 5.41) is 8.76. The van der Waals surface area contributed by atoms with Gasteiger partial charge in [-0.15, -0.1) is 10.2 Å². The predicted molar refractivity (Wildman–Crippen MR) is 105 cm³/mol. The Kier molecular flexibility index (Phi) is 6.64. The number of carbonyl (C=O) groups is 2. The first-order chi connectivity index (χ1) is 13.3. The van der Waals surface area contributed by atoms with E-state index in [0.29, 0.717) is 23.8 Å². The molecule has 0 spiro atoms. The molecule has 1 aromatic rings. The summed E-state index contributed by atoms with van der Waals surface area (Å²) in [6.45, 7) is 0. The number of primary amides is 1. The first-order valence-corrected chi connectivity index (χ1v) is 12.4. The van der Waals surface area contributed by atoms with Crippen LogP contribution >= 0.6 is 11.8 Å². The van der Waals surface area contributed by atoms with Gasteiger partial charge >= 0.3 is 0 Å². The Hall–Kier alpha value is -1.62. The monoisotopic (exact) mass is 429 g/mol. The Morgan fingerprint density at radius 3 is 2.54 bits per heavy atom. The highest BCUT2D eigenvalue weighted by atomic mass is 32.2. The van der Waals surface area contributed by atoms with E-state index in [0.717, 1.165) is 25.7 Å². The number of rotatable bonds is 8. The van der Waals surface area contributed by atoms with Crippen LogP contribution in [0.5, 0.6) is 0 Å². The summed E-state index contributed by atoms with van der Waals surface area (Å²) in [6, 6.07) is -0.0798. The van der Waals surface area contributed by atoms with Crippen molar-refractivity contribution in [3.63, 3.8) is 0 Å². The highest BCUT2D eigenvalue weighted by Gasteiger charge is 2.38. The lowest BCUT2D eigenvalue weighted by atomic mass is 10.1. The van der Waals surface area contributed by atoms with Crippen LogP contribution in [0.25, 0.3) is 0 Å². The molecule has 2 aliphatic rings. The lowest BCUT2D eigenvalue weighted by Crippen LogP contribution is -2.47. The number of aromatic nitrogens is 3. The third-order valence-corrected chi connectivity index (χ3v) is 8.21. The third kappa shape index (κ3) is 5.05. The fourth-order valence-electron chi connectivity index (χ4n) is 4.01. The van der Waals surface area contributed by atoms with Gasteiger partial charge in [-0.2, -0.15) is 0 Å². The zero-order valence-corrected chi connectivity index (χ0v) is 17.7. The van der Waals surface area contributed by atoms with Crippen molar-refractivity contribution in [3.05, 3.63) is 5.82 Å². The third-order valence-electron chi connectivity index (χ3n) is 5.45. The lowest BCUT2D eigenvalue weighted by molar-refractivity contribution is -0.132. The smallest absolute Gasteiger partial charge is 0.233 e. The molecule has 1 aliphatic heterocycles. The molecule has 2 amide bonds. The molecule has 1 aliphatic carbocycles. The molecule has 1 saturated carbocycles. The molecule has 2 N–H and O–H groups in total. The number of carbonyl (C=O) groups excluding carboxylic acids is 2. The summed E-state index contributed by atoms with van der Waals surface area (Å²) in [4.78, 5) is 25.8. The van der Waals surface area contributed by atoms with Crippen LogP contribution in [-0.4, -0.2) is 69.2 Å². The minimum absolute atomic E-state index is 0.0410. The summed E-state index contributed by atoms with van der Waals surface area (Å²) in [6.07, 6.45) is 5.16. The summed E-state index contributed by atoms with van der Waals surface area (Å²) in [7, 11) is -1.26. The normalized spacial score (nSPS) is 21.8. The highest BCUT2D eigenvalue weighted by Crippen LogP contribution is 2.30. The minimum Gasteiger partial charge on any atom is -0.370 e. The second-order valence-corrected chi connectivity index (χ2v) is 10.7. The van der Waals surface area contributed by atoms with E-state index in [9.17, 15) is 18.0 Å². The molecule has 0 aromatic carbocycles. The molecule has 11 heteroatoms. The van der Waals surface area contributed by atoms with Gasteiger partial charge in [0, 0.05) is 32.0 Å². The van der Waals surface area contributed by atoms with E-state index in [4.69, 9.17) is 5.73 Å². The maximum atomic E-state index is 13.0. The maximum Gasteiger partial charge on any atom is 0.233 e. The van der Waals surface area contributed by atoms with Crippen molar-refractivity contribution >= 4 is 33.4 Å². The largest absolute Gasteiger partial charge is 0.370 e. The number of hydrogen-bond acceptors (Lipinski definition) is 7. The van der Waals surface area contributed by atoms with E-state index in [1.54, 1.807) is 11.6 Å². The molecule has 156 valence electrons. The minimum atomic E-state index is -3.05. The molecule has 1 unspecified atom stereocenters. The van der Waals surface area contributed by atoms with Crippen molar-refractivity contribution in [2.24, 2.45) is 12.8 Å². The van der Waals surface area contributed by atoms with E-state index in [-0.39, 0.29) is 41.7 Å². The van der Waals surface area contributed by atoms with Gasteiger partial charge in [0.05, 0.1) is 17.3 Å². The van der Waals surface area contributed by atoms with Crippen molar-refractivity contribution in [2.45, 2.75) is 62.2 Å². The molecule has 0 bridgehead atoms.